The van der Waals surface area contributed by atoms with Crippen LogP contribution in [0.1, 0.15) is 41.5 Å². The van der Waals surface area contributed by atoms with E-state index in [-0.39, 0.29) is 17.9 Å². The molecule has 2 heterocycles. The Hall–Kier alpha value is -3.29. The molecule has 1 N–H and O–H groups in total. The number of carbonyl (C=O) groups excluding carboxylic acids is 1. The number of benzene rings is 3. The molecule has 4 aromatic rings. The molecule has 184 valence electrons. The second-order valence-electron chi connectivity index (χ2n) is 9.28. The summed E-state index contributed by atoms with van der Waals surface area (Å²) in [5, 5.41) is 7.48. The highest BCUT2D eigenvalue weighted by Crippen LogP contribution is 2.27. The number of aromatic nitrogens is 2. The quantitative estimate of drug-likeness (QED) is 0.312. The minimum Gasteiger partial charge on any atom is -0.345 e. The minimum atomic E-state index is -0.159. The van der Waals surface area contributed by atoms with E-state index in [4.69, 9.17) is 4.52 Å². The van der Waals surface area contributed by atoms with Crippen molar-refractivity contribution >= 4 is 21.8 Å². The van der Waals surface area contributed by atoms with E-state index in [9.17, 15) is 4.79 Å². The van der Waals surface area contributed by atoms with Crippen LogP contribution in [0.15, 0.2) is 87.9 Å². The maximum atomic E-state index is 13.3. The molecule has 1 saturated heterocycles. The molecule has 3 aromatic carbocycles. The summed E-state index contributed by atoms with van der Waals surface area (Å²) in [5.74, 6) is 1.28. The Morgan fingerprint density at radius 3 is 2.56 bits per heavy atom. The number of halogens is 1. The van der Waals surface area contributed by atoms with E-state index >= 15 is 0 Å². The van der Waals surface area contributed by atoms with Crippen molar-refractivity contribution < 1.29 is 9.32 Å². The van der Waals surface area contributed by atoms with Crippen LogP contribution in [0.5, 0.6) is 0 Å². The van der Waals surface area contributed by atoms with Gasteiger partial charge in [-0.3, -0.25) is 9.69 Å². The summed E-state index contributed by atoms with van der Waals surface area (Å²) in [6, 6.07) is 26.1. The van der Waals surface area contributed by atoms with Crippen LogP contribution in [0.3, 0.4) is 0 Å². The van der Waals surface area contributed by atoms with E-state index < -0.39 is 0 Å². The molecule has 1 fully saturated rings. The van der Waals surface area contributed by atoms with E-state index in [1.807, 2.05) is 54.6 Å². The Kier molecular flexibility index (Phi) is 7.58. The van der Waals surface area contributed by atoms with E-state index in [0.717, 1.165) is 47.1 Å². The molecule has 0 aliphatic carbocycles. The highest BCUT2D eigenvalue weighted by Gasteiger charge is 2.28. The first-order valence-electron chi connectivity index (χ1n) is 12.3. The molecule has 36 heavy (non-hydrogen) atoms. The summed E-state index contributed by atoms with van der Waals surface area (Å²) >= 11 is 3.48. The first kappa shape index (κ1) is 24.4. The largest absolute Gasteiger partial charge is 0.345 e. The van der Waals surface area contributed by atoms with Crippen molar-refractivity contribution in [3.05, 3.63) is 106 Å². The maximum Gasteiger partial charge on any atom is 0.241 e. The summed E-state index contributed by atoms with van der Waals surface area (Å²) in [5.41, 5.74) is 4.31. The lowest BCUT2D eigenvalue weighted by Crippen LogP contribution is -2.41. The molecule has 1 aromatic heterocycles. The van der Waals surface area contributed by atoms with Gasteiger partial charge in [0.05, 0.1) is 12.6 Å². The van der Waals surface area contributed by atoms with Gasteiger partial charge in [0, 0.05) is 16.0 Å². The van der Waals surface area contributed by atoms with Crippen molar-refractivity contribution in [2.75, 3.05) is 13.1 Å². The lowest BCUT2D eigenvalue weighted by Gasteiger charge is -2.31. The van der Waals surface area contributed by atoms with E-state index in [1.54, 1.807) is 0 Å². The maximum absolute atomic E-state index is 13.3. The topological polar surface area (TPSA) is 71.3 Å². The van der Waals surface area contributed by atoms with Crippen molar-refractivity contribution in [2.45, 2.75) is 32.4 Å². The predicted molar refractivity (Wildman–Crippen MR) is 143 cm³/mol. The van der Waals surface area contributed by atoms with Crippen molar-refractivity contribution in [3.8, 4) is 11.4 Å². The second-order valence-corrected chi connectivity index (χ2v) is 10.2. The summed E-state index contributed by atoms with van der Waals surface area (Å²) in [6.45, 7) is 4.31. The lowest BCUT2D eigenvalue weighted by atomic mass is 9.92. The molecule has 7 heteroatoms. The molecule has 5 rings (SSSR count). The number of likely N-dealkylation sites (tertiary alicyclic amines) is 1. The Bertz CT molecular complexity index is 1320. The molecular formula is C29H29BrN4O2. The number of rotatable bonds is 7. The standard InChI is InChI=1S/C29H29BrN4O2/c1-20-8-5-6-13-25(20)27(21-9-3-2-4-10-21)32-29(35)22-14-16-34(17-15-22)19-26-31-28(33-36-26)23-11-7-12-24(30)18-23/h2-13,18,22,27H,14-17,19H2,1H3,(H,32,35). The van der Waals surface area contributed by atoms with Crippen LogP contribution in [0.25, 0.3) is 11.4 Å². The van der Waals surface area contributed by atoms with Gasteiger partial charge in [0.25, 0.3) is 0 Å². The molecule has 1 aliphatic heterocycles. The average Bonchev–Trinajstić information content (AvgIpc) is 3.37. The van der Waals surface area contributed by atoms with Crippen LogP contribution in [-0.4, -0.2) is 34.0 Å². The normalized spacial score (nSPS) is 15.5. The van der Waals surface area contributed by atoms with Crippen molar-refractivity contribution in [1.29, 1.82) is 0 Å². The van der Waals surface area contributed by atoms with Gasteiger partial charge in [-0.25, -0.2) is 0 Å². The number of piperidine rings is 1. The zero-order valence-electron chi connectivity index (χ0n) is 20.2. The summed E-state index contributed by atoms with van der Waals surface area (Å²) in [4.78, 5) is 20.2. The van der Waals surface area contributed by atoms with Gasteiger partial charge in [0.15, 0.2) is 0 Å². The fraction of sp³-hybridized carbons (Fsp3) is 0.276. The Balaban J connectivity index is 1.20. The minimum absolute atomic E-state index is 0.0172. The second kappa shape index (κ2) is 11.2. The molecular weight excluding hydrogens is 516 g/mol. The average molecular weight is 545 g/mol. The van der Waals surface area contributed by atoms with Crippen LogP contribution in [0.2, 0.25) is 0 Å². The van der Waals surface area contributed by atoms with E-state index in [1.165, 1.54) is 5.56 Å². The first-order valence-corrected chi connectivity index (χ1v) is 13.1. The summed E-state index contributed by atoms with van der Waals surface area (Å²) in [7, 11) is 0. The van der Waals surface area contributed by atoms with Gasteiger partial charge in [-0.15, -0.1) is 0 Å². The fourth-order valence-corrected chi connectivity index (χ4v) is 5.16. The number of nitrogens with zero attached hydrogens (tertiary/aromatic N) is 3. The van der Waals surface area contributed by atoms with Gasteiger partial charge in [-0.05, 0) is 61.7 Å². The number of amides is 1. The molecule has 0 spiro atoms. The zero-order valence-corrected chi connectivity index (χ0v) is 21.8. The smallest absolute Gasteiger partial charge is 0.241 e. The third-order valence-electron chi connectivity index (χ3n) is 6.79. The van der Waals surface area contributed by atoms with Gasteiger partial charge in [-0.1, -0.05) is 87.8 Å². The molecule has 6 nitrogen and oxygen atoms in total. The number of aryl methyl sites for hydroxylation is 1. The lowest BCUT2D eigenvalue weighted by molar-refractivity contribution is -0.127. The molecule has 1 aliphatic rings. The molecule has 1 amide bonds. The van der Waals surface area contributed by atoms with Gasteiger partial charge in [0.1, 0.15) is 0 Å². The third kappa shape index (κ3) is 5.74. The molecule has 0 saturated carbocycles. The van der Waals surface area contributed by atoms with Gasteiger partial charge in [0.2, 0.25) is 17.6 Å². The molecule has 1 unspecified atom stereocenters. The first-order chi connectivity index (χ1) is 17.6. The Morgan fingerprint density at radius 1 is 1.06 bits per heavy atom. The number of nitrogens with one attached hydrogen (secondary N) is 1. The highest BCUT2D eigenvalue weighted by molar-refractivity contribution is 9.10. The van der Waals surface area contributed by atoms with Gasteiger partial charge < -0.3 is 9.84 Å². The summed E-state index contributed by atoms with van der Waals surface area (Å²) in [6.07, 6.45) is 1.60. The van der Waals surface area contributed by atoms with Gasteiger partial charge in [-0.2, -0.15) is 4.98 Å². The van der Waals surface area contributed by atoms with Crippen molar-refractivity contribution in [2.24, 2.45) is 5.92 Å². The van der Waals surface area contributed by atoms with Gasteiger partial charge >= 0.3 is 0 Å². The third-order valence-corrected chi connectivity index (χ3v) is 7.28. The van der Waals surface area contributed by atoms with Crippen LogP contribution in [0, 0.1) is 12.8 Å². The molecule has 1 atom stereocenters. The predicted octanol–water partition coefficient (Wildman–Crippen LogP) is 5.93. The Labute approximate surface area is 219 Å². The highest BCUT2D eigenvalue weighted by atomic mass is 79.9. The van der Waals surface area contributed by atoms with E-state index in [2.05, 4.69) is 67.5 Å². The van der Waals surface area contributed by atoms with Crippen LogP contribution in [0.4, 0.5) is 0 Å². The van der Waals surface area contributed by atoms with E-state index in [0.29, 0.717) is 18.3 Å². The monoisotopic (exact) mass is 544 g/mol. The number of hydrogen-bond donors (Lipinski definition) is 1. The number of carbonyl (C=O) groups is 1. The summed E-state index contributed by atoms with van der Waals surface area (Å²) < 4.78 is 6.48. The van der Waals surface area contributed by atoms with Crippen LogP contribution >= 0.6 is 15.9 Å². The SMILES string of the molecule is Cc1ccccc1C(NC(=O)C1CCN(Cc2nc(-c3cccc(Br)c3)no2)CC1)c1ccccc1. The fourth-order valence-electron chi connectivity index (χ4n) is 4.77. The van der Waals surface area contributed by atoms with Crippen molar-refractivity contribution in [3.63, 3.8) is 0 Å². The zero-order chi connectivity index (χ0) is 24.9. The Morgan fingerprint density at radius 2 is 1.81 bits per heavy atom. The number of hydrogen-bond acceptors (Lipinski definition) is 5. The van der Waals surface area contributed by atoms with Crippen LogP contribution < -0.4 is 5.32 Å². The molecule has 0 bridgehead atoms. The van der Waals surface area contributed by atoms with Crippen molar-refractivity contribution in [1.82, 2.24) is 20.4 Å². The van der Waals surface area contributed by atoms with Crippen LogP contribution in [-0.2, 0) is 11.3 Å². The molecule has 0 radical (unpaired) electrons.